The van der Waals surface area contributed by atoms with E-state index in [9.17, 15) is 0 Å². The maximum atomic E-state index is 5.95. The summed E-state index contributed by atoms with van der Waals surface area (Å²) in [4.78, 5) is 4.25. The number of aromatic nitrogens is 3. The molecule has 2 rings (SSSR count). The summed E-state index contributed by atoms with van der Waals surface area (Å²) in [6.07, 6.45) is 1.57. The third-order valence-electron chi connectivity index (χ3n) is 2.55. The Morgan fingerprint density at radius 1 is 1.21 bits per heavy atom. The van der Waals surface area contributed by atoms with Crippen molar-refractivity contribution < 1.29 is 0 Å². The van der Waals surface area contributed by atoms with E-state index in [1.165, 1.54) is 0 Å². The van der Waals surface area contributed by atoms with Crippen molar-refractivity contribution in [1.29, 1.82) is 0 Å². The highest BCUT2D eigenvalue weighted by molar-refractivity contribution is 6.35. The molecular formula is C13H16Cl2N4. The van der Waals surface area contributed by atoms with Crippen LogP contribution in [0.5, 0.6) is 0 Å². The van der Waals surface area contributed by atoms with Crippen LogP contribution in [0.2, 0.25) is 10.0 Å². The van der Waals surface area contributed by atoms with E-state index in [0.29, 0.717) is 22.5 Å². The molecule has 0 saturated carbocycles. The second kappa shape index (κ2) is 6.26. The summed E-state index contributed by atoms with van der Waals surface area (Å²) in [6.45, 7) is 5.74. The van der Waals surface area contributed by atoms with Gasteiger partial charge in [0.25, 0.3) is 0 Å². The van der Waals surface area contributed by atoms with Crippen LogP contribution in [-0.4, -0.2) is 14.8 Å². The molecule has 0 spiro atoms. The largest absolute Gasteiger partial charge is 0.378 e. The van der Waals surface area contributed by atoms with Crippen LogP contribution in [0.1, 0.15) is 19.7 Å². The molecule has 1 aromatic heterocycles. The van der Waals surface area contributed by atoms with Gasteiger partial charge in [-0.2, -0.15) is 5.10 Å². The SMILES string of the molecule is CC(C)Cn1ncnc1CNc1cc(Cl)cc(Cl)c1. The fraction of sp³-hybridized carbons (Fsp3) is 0.385. The average molecular weight is 299 g/mol. The number of nitrogens with one attached hydrogen (secondary N) is 1. The third kappa shape index (κ3) is 4.11. The van der Waals surface area contributed by atoms with Gasteiger partial charge in [-0.05, 0) is 24.1 Å². The van der Waals surface area contributed by atoms with Gasteiger partial charge in [0, 0.05) is 22.3 Å². The molecule has 0 fully saturated rings. The van der Waals surface area contributed by atoms with Crippen molar-refractivity contribution in [2.45, 2.75) is 26.9 Å². The monoisotopic (exact) mass is 298 g/mol. The first-order valence-corrected chi connectivity index (χ1v) is 6.87. The first-order valence-electron chi connectivity index (χ1n) is 6.11. The van der Waals surface area contributed by atoms with Crippen LogP contribution in [0, 0.1) is 5.92 Å². The smallest absolute Gasteiger partial charge is 0.146 e. The van der Waals surface area contributed by atoms with Crippen molar-refractivity contribution in [3.05, 3.63) is 40.4 Å². The summed E-state index contributed by atoms with van der Waals surface area (Å²) in [5.41, 5.74) is 0.872. The van der Waals surface area contributed by atoms with Crippen LogP contribution in [-0.2, 0) is 13.1 Å². The van der Waals surface area contributed by atoms with Gasteiger partial charge in [0.05, 0.1) is 6.54 Å². The molecule has 0 bridgehead atoms. The van der Waals surface area contributed by atoms with E-state index in [4.69, 9.17) is 23.2 Å². The van der Waals surface area contributed by atoms with Gasteiger partial charge in [-0.15, -0.1) is 0 Å². The predicted octanol–water partition coefficient (Wildman–Crippen LogP) is 3.85. The molecule has 0 aliphatic rings. The first kappa shape index (κ1) is 14.2. The molecule has 1 aromatic carbocycles. The highest BCUT2D eigenvalue weighted by atomic mass is 35.5. The lowest BCUT2D eigenvalue weighted by atomic mass is 10.2. The molecule has 0 aliphatic heterocycles. The molecule has 102 valence electrons. The van der Waals surface area contributed by atoms with Gasteiger partial charge in [-0.1, -0.05) is 37.0 Å². The summed E-state index contributed by atoms with van der Waals surface area (Å²) in [5, 5.41) is 8.69. The minimum absolute atomic E-state index is 0.529. The number of halogens is 2. The van der Waals surface area contributed by atoms with Crippen molar-refractivity contribution in [2.24, 2.45) is 5.92 Å². The second-order valence-corrected chi connectivity index (χ2v) is 5.64. The van der Waals surface area contributed by atoms with Gasteiger partial charge in [-0.3, -0.25) is 0 Å². The Balaban J connectivity index is 2.04. The molecule has 0 unspecified atom stereocenters. The van der Waals surface area contributed by atoms with E-state index in [2.05, 4.69) is 29.2 Å². The van der Waals surface area contributed by atoms with E-state index >= 15 is 0 Å². The Morgan fingerprint density at radius 2 is 1.89 bits per heavy atom. The van der Waals surface area contributed by atoms with Gasteiger partial charge >= 0.3 is 0 Å². The molecule has 0 saturated heterocycles. The van der Waals surface area contributed by atoms with Gasteiger partial charge in [0.15, 0.2) is 0 Å². The number of nitrogens with zero attached hydrogens (tertiary/aromatic N) is 3. The average Bonchev–Trinajstić information content (AvgIpc) is 2.71. The van der Waals surface area contributed by atoms with Crippen molar-refractivity contribution in [1.82, 2.24) is 14.8 Å². The fourth-order valence-electron chi connectivity index (χ4n) is 1.76. The van der Waals surface area contributed by atoms with E-state index < -0.39 is 0 Å². The molecule has 0 aliphatic carbocycles. The summed E-state index contributed by atoms with van der Waals surface area (Å²) in [7, 11) is 0. The summed E-state index contributed by atoms with van der Waals surface area (Å²) >= 11 is 11.9. The molecule has 0 amide bonds. The molecule has 19 heavy (non-hydrogen) atoms. The Kier molecular flexibility index (Phi) is 4.66. The van der Waals surface area contributed by atoms with Crippen LogP contribution in [0.3, 0.4) is 0 Å². The fourth-order valence-corrected chi connectivity index (χ4v) is 2.29. The molecule has 2 aromatic rings. The minimum Gasteiger partial charge on any atom is -0.378 e. The molecule has 0 atom stereocenters. The molecule has 1 N–H and O–H groups in total. The van der Waals surface area contributed by atoms with Crippen LogP contribution in [0.15, 0.2) is 24.5 Å². The highest BCUT2D eigenvalue weighted by Gasteiger charge is 2.06. The number of benzene rings is 1. The van der Waals surface area contributed by atoms with E-state index in [-0.39, 0.29) is 0 Å². The van der Waals surface area contributed by atoms with E-state index in [1.54, 1.807) is 12.4 Å². The lowest BCUT2D eigenvalue weighted by Crippen LogP contribution is -2.13. The maximum absolute atomic E-state index is 5.95. The van der Waals surface area contributed by atoms with Crippen LogP contribution >= 0.6 is 23.2 Å². The quantitative estimate of drug-likeness (QED) is 0.911. The second-order valence-electron chi connectivity index (χ2n) is 4.76. The molecule has 1 heterocycles. The van der Waals surface area contributed by atoms with Gasteiger partial charge in [0.1, 0.15) is 12.2 Å². The van der Waals surface area contributed by atoms with Gasteiger partial charge in [0.2, 0.25) is 0 Å². The molecule has 6 heteroatoms. The maximum Gasteiger partial charge on any atom is 0.146 e. The minimum atomic E-state index is 0.529. The topological polar surface area (TPSA) is 42.7 Å². The predicted molar refractivity (Wildman–Crippen MR) is 78.6 cm³/mol. The normalized spacial score (nSPS) is 11.0. The van der Waals surface area contributed by atoms with Crippen molar-refractivity contribution in [3.63, 3.8) is 0 Å². The van der Waals surface area contributed by atoms with Crippen LogP contribution < -0.4 is 5.32 Å². The van der Waals surface area contributed by atoms with Crippen LogP contribution in [0.25, 0.3) is 0 Å². The zero-order valence-electron chi connectivity index (χ0n) is 10.9. The Bertz CT molecular complexity index is 531. The first-order chi connectivity index (χ1) is 9.04. The van der Waals surface area contributed by atoms with Crippen molar-refractivity contribution in [2.75, 3.05) is 5.32 Å². The van der Waals surface area contributed by atoms with E-state index in [0.717, 1.165) is 18.1 Å². The van der Waals surface area contributed by atoms with Crippen molar-refractivity contribution in [3.8, 4) is 0 Å². The zero-order valence-corrected chi connectivity index (χ0v) is 12.4. The lowest BCUT2D eigenvalue weighted by molar-refractivity contribution is 0.468. The number of hydrogen-bond acceptors (Lipinski definition) is 3. The van der Waals surface area contributed by atoms with Gasteiger partial charge < -0.3 is 5.32 Å². The number of hydrogen-bond donors (Lipinski definition) is 1. The zero-order chi connectivity index (χ0) is 13.8. The van der Waals surface area contributed by atoms with E-state index in [1.807, 2.05) is 16.8 Å². The highest BCUT2D eigenvalue weighted by Crippen LogP contribution is 2.22. The number of anilines is 1. The Labute approximate surface area is 122 Å². The van der Waals surface area contributed by atoms with Crippen molar-refractivity contribution >= 4 is 28.9 Å². The Hall–Kier alpha value is -1.26. The standard InChI is InChI=1S/C13H16Cl2N4/c1-9(2)7-19-13(17-8-18-19)6-16-12-4-10(14)3-11(15)5-12/h3-5,8-9,16H,6-7H2,1-2H3. The van der Waals surface area contributed by atoms with Gasteiger partial charge in [-0.25, -0.2) is 9.67 Å². The summed E-state index contributed by atoms with van der Waals surface area (Å²) < 4.78 is 1.91. The number of rotatable bonds is 5. The van der Waals surface area contributed by atoms with Crippen LogP contribution in [0.4, 0.5) is 5.69 Å². The lowest BCUT2D eigenvalue weighted by Gasteiger charge is -2.10. The Morgan fingerprint density at radius 3 is 2.53 bits per heavy atom. The third-order valence-corrected chi connectivity index (χ3v) is 2.98. The molecular weight excluding hydrogens is 283 g/mol. The summed E-state index contributed by atoms with van der Waals surface area (Å²) in [5.74, 6) is 1.42. The molecule has 4 nitrogen and oxygen atoms in total. The molecule has 0 radical (unpaired) electrons. The summed E-state index contributed by atoms with van der Waals surface area (Å²) in [6, 6.07) is 5.36.